The van der Waals surface area contributed by atoms with Gasteiger partial charge in [-0.2, -0.15) is 0 Å². The summed E-state index contributed by atoms with van der Waals surface area (Å²) in [5, 5.41) is 6.43. The summed E-state index contributed by atoms with van der Waals surface area (Å²) in [6.45, 7) is 34.4. The molecule has 0 aliphatic carbocycles. The van der Waals surface area contributed by atoms with Crippen LogP contribution < -0.4 is 22.1 Å². The van der Waals surface area contributed by atoms with Gasteiger partial charge in [-0.25, -0.2) is 0 Å². The Balaban J connectivity index is 1.84. The first-order valence-corrected chi connectivity index (χ1v) is 24.8. The van der Waals surface area contributed by atoms with Gasteiger partial charge in [-0.15, -0.1) is 0 Å². The molecule has 2 heterocycles. The van der Waals surface area contributed by atoms with Gasteiger partial charge in [0.15, 0.2) is 0 Å². The number of hydrogen-bond donors (Lipinski definition) is 4. The van der Waals surface area contributed by atoms with Crippen LogP contribution >= 0.6 is 0 Å². The number of nitrogens with one attached hydrogen (secondary N) is 2. The first kappa shape index (κ1) is 55.4. The molecule has 0 spiro atoms. The summed E-state index contributed by atoms with van der Waals surface area (Å²) in [5.74, 6) is 3.12. The molecule has 0 saturated carbocycles. The van der Waals surface area contributed by atoms with Crippen LogP contribution in [0.4, 0.5) is 0 Å². The molecular weight excluding hydrogens is 769 g/mol. The molecule has 0 aromatic heterocycles. The summed E-state index contributed by atoms with van der Waals surface area (Å²) in [6, 6.07) is 0. The molecule has 2 aliphatic rings. The van der Waals surface area contributed by atoms with Crippen molar-refractivity contribution in [2.45, 2.75) is 197 Å². The van der Waals surface area contributed by atoms with Gasteiger partial charge < -0.3 is 22.1 Å². The van der Waals surface area contributed by atoms with Crippen LogP contribution in [0.2, 0.25) is 0 Å². The molecule has 6 N–H and O–H groups in total. The predicted molar refractivity (Wildman–Crippen MR) is 265 cm³/mol. The monoisotopic (exact) mass is 869 g/mol. The highest BCUT2D eigenvalue weighted by atomic mass is 16.2. The standard InChI is InChI=1S/C52H98N8O2/c1-47(2,41-49(5,6)45-57(13)37-39-59(45)35-33-55-43(61)27-23-19-16-15-17-21-25-29-51(9,10)53)31-32-48(3,4)42-50(7,8)46-58(14)38-40-60(46)36-34-56-44(62)28-24-20-18-22-26-30-52(11,12)54/h25,29,31-32H,15-24,26-28,30,33-42,53-54H2,1-14H3/p+2. The minimum atomic E-state index is -0.233. The molecule has 0 unspecified atom stereocenters. The zero-order valence-corrected chi connectivity index (χ0v) is 43.0. The normalized spacial score (nSPS) is 16.3. The lowest BCUT2D eigenvalue weighted by Crippen LogP contribution is -2.45. The highest BCUT2D eigenvalue weighted by Gasteiger charge is 2.45. The second-order valence-corrected chi connectivity index (χ2v) is 23.4. The van der Waals surface area contributed by atoms with Crippen molar-refractivity contribution in [3.63, 3.8) is 0 Å². The van der Waals surface area contributed by atoms with E-state index in [1.165, 1.54) is 43.8 Å². The third kappa shape index (κ3) is 22.3. The minimum absolute atomic E-state index is 0.0109. The maximum Gasteiger partial charge on any atom is 0.252 e. The summed E-state index contributed by atoms with van der Waals surface area (Å²) in [4.78, 5) is 30.4. The van der Waals surface area contributed by atoms with Gasteiger partial charge in [0.1, 0.15) is 39.3 Å². The van der Waals surface area contributed by atoms with Crippen molar-refractivity contribution in [3.05, 3.63) is 24.3 Å². The summed E-state index contributed by atoms with van der Waals surface area (Å²) in [7, 11) is 4.45. The second-order valence-electron chi connectivity index (χ2n) is 23.4. The van der Waals surface area contributed by atoms with Crippen LogP contribution in [0.25, 0.3) is 0 Å². The molecule has 62 heavy (non-hydrogen) atoms. The number of hydrogen-bond acceptors (Lipinski definition) is 6. The molecule has 2 aliphatic heterocycles. The van der Waals surface area contributed by atoms with Crippen molar-refractivity contribution in [3.8, 4) is 0 Å². The lowest BCUT2D eigenvalue weighted by atomic mass is 9.70. The molecule has 10 heteroatoms. The lowest BCUT2D eigenvalue weighted by Gasteiger charge is -2.36. The SMILES string of the molecule is C[N+]1=C(C(C)(C)CC(C)(C)C=CC(C)(C)CC(C)(C)C2=[N+](C)CCN2CCNC(=O)CCCCCCCC(C)(C)N)N(CCNC(=O)CCCCCCCC=CC(C)(C)N)CC1. The largest absolute Gasteiger partial charge is 0.352 e. The van der Waals surface area contributed by atoms with Crippen LogP contribution in [0, 0.1) is 21.7 Å². The van der Waals surface area contributed by atoms with Crippen molar-refractivity contribution in [1.82, 2.24) is 20.4 Å². The number of amides is 2. The molecule has 0 radical (unpaired) electrons. The Kier molecular flexibility index (Phi) is 22.4. The number of amidine groups is 2. The van der Waals surface area contributed by atoms with Gasteiger partial charge in [-0.1, -0.05) is 96.9 Å². The fourth-order valence-corrected chi connectivity index (χ4v) is 10.5. The molecule has 2 amide bonds. The Bertz CT molecular complexity index is 1500. The molecule has 10 nitrogen and oxygen atoms in total. The fourth-order valence-electron chi connectivity index (χ4n) is 10.5. The van der Waals surface area contributed by atoms with E-state index in [9.17, 15) is 9.59 Å². The van der Waals surface area contributed by atoms with Gasteiger partial charge in [0.25, 0.3) is 11.7 Å². The highest BCUT2D eigenvalue weighted by molar-refractivity contribution is 5.85. The number of nitrogens with two attached hydrogens (primary N) is 2. The highest BCUT2D eigenvalue weighted by Crippen LogP contribution is 2.41. The number of unbranched alkanes of at least 4 members (excludes halogenated alkanes) is 9. The average molecular weight is 869 g/mol. The first-order valence-electron chi connectivity index (χ1n) is 24.8. The Labute approximate surface area is 382 Å². The van der Waals surface area contributed by atoms with Crippen molar-refractivity contribution < 1.29 is 18.7 Å². The molecule has 0 aromatic carbocycles. The van der Waals surface area contributed by atoms with E-state index in [1.807, 2.05) is 13.8 Å². The van der Waals surface area contributed by atoms with Crippen molar-refractivity contribution in [2.75, 3.05) is 66.5 Å². The second kappa shape index (κ2) is 25.1. The third-order valence-electron chi connectivity index (χ3n) is 12.7. The topological polar surface area (TPSA) is 123 Å². The third-order valence-corrected chi connectivity index (χ3v) is 12.7. The van der Waals surface area contributed by atoms with Crippen LogP contribution in [0.5, 0.6) is 0 Å². The van der Waals surface area contributed by atoms with E-state index < -0.39 is 0 Å². The Morgan fingerprint density at radius 3 is 1.37 bits per heavy atom. The van der Waals surface area contributed by atoms with Crippen molar-refractivity contribution in [2.24, 2.45) is 33.1 Å². The zero-order chi connectivity index (χ0) is 46.8. The maximum atomic E-state index is 12.7. The molecule has 0 saturated heterocycles. The van der Waals surface area contributed by atoms with Crippen LogP contribution in [0.3, 0.4) is 0 Å². The number of likely N-dealkylation sites (N-methyl/N-ethyl adjacent to an activating group) is 2. The maximum absolute atomic E-state index is 12.7. The van der Waals surface area contributed by atoms with Gasteiger partial charge >= 0.3 is 0 Å². The predicted octanol–water partition coefficient (Wildman–Crippen LogP) is 8.87. The van der Waals surface area contributed by atoms with Gasteiger partial charge in [-0.3, -0.25) is 28.5 Å². The van der Waals surface area contributed by atoms with E-state index in [2.05, 4.69) is 137 Å². The Morgan fingerprint density at radius 1 is 0.581 bits per heavy atom. The molecule has 358 valence electrons. The summed E-state index contributed by atoms with van der Waals surface area (Å²) in [6.07, 6.45) is 25.9. The van der Waals surface area contributed by atoms with Gasteiger partial charge in [-0.05, 0) is 111 Å². The minimum Gasteiger partial charge on any atom is -0.352 e. The lowest BCUT2D eigenvalue weighted by molar-refractivity contribution is -0.490. The molecule has 0 atom stereocenters. The zero-order valence-electron chi connectivity index (χ0n) is 43.0. The first-order chi connectivity index (χ1) is 28.6. The molecule has 0 aromatic rings. The van der Waals surface area contributed by atoms with E-state index in [4.69, 9.17) is 11.5 Å². The van der Waals surface area contributed by atoms with E-state index in [1.54, 1.807) is 0 Å². The Morgan fingerprint density at radius 2 is 0.968 bits per heavy atom. The number of rotatable bonds is 31. The molecular formula is C52H100N8O2+2. The smallest absolute Gasteiger partial charge is 0.252 e. The quantitative estimate of drug-likeness (QED) is 0.0314. The van der Waals surface area contributed by atoms with Crippen LogP contribution in [-0.4, -0.2) is 120 Å². The Hall–Kier alpha value is -2.72. The van der Waals surface area contributed by atoms with Crippen molar-refractivity contribution in [1.29, 1.82) is 0 Å². The van der Waals surface area contributed by atoms with E-state index in [-0.39, 0.29) is 44.6 Å². The van der Waals surface area contributed by atoms with Crippen LogP contribution in [0.15, 0.2) is 24.3 Å². The fraction of sp³-hybridized carbons (Fsp3) is 0.846. The van der Waals surface area contributed by atoms with Gasteiger partial charge in [0, 0.05) is 23.9 Å². The number of carbonyl (C=O) groups is 2. The molecule has 2 rings (SSSR count). The van der Waals surface area contributed by atoms with Gasteiger partial charge in [0.2, 0.25) is 11.8 Å². The number of carbonyl (C=O) groups excluding carboxylic acids is 2. The number of allylic oxidation sites excluding steroid dienone is 3. The average Bonchev–Trinajstić information content (AvgIpc) is 3.70. The summed E-state index contributed by atoms with van der Waals surface area (Å²) < 4.78 is 4.86. The number of nitrogens with zero attached hydrogens (tertiary/aromatic N) is 4. The van der Waals surface area contributed by atoms with E-state index in [0.717, 1.165) is 97.1 Å². The summed E-state index contributed by atoms with van der Waals surface area (Å²) in [5.41, 5.74) is 11.7. The van der Waals surface area contributed by atoms with Crippen LogP contribution in [0.1, 0.15) is 186 Å². The van der Waals surface area contributed by atoms with Gasteiger partial charge in [0.05, 0.1) is 38.0 Å². The van der Waals surface area contributed by atoms with Crippen LogP contribution in [-0.2, 0) is 9.59 Å². The molecule has 0 fully saturated rings. The van der Waals surface area contributed by atoms with E-state index >= 15 is 0 Å². The molecule has 0 bridgehead atoms. The van der Waals surface area contributed by atoms with Crippen molar-refractivity contribution >= 4 is 23.5 Å². The van der Waals surface area contributed by atoms with E-state index in [0.29, 0.717) is 25.9 Å². The summed E-state index contributed by atoms with van der Waals surface area (Å²) >= 11 is 0.